The third kappa shape index (κ3) is 4.45. The normalized spacial score (nSPS) is 11.8. The zero-order valence-corrected chi connectivity index (χ0v) is 14.1. The smallest absolute Gasteiger partial charge is 0.315 e. The molecule has 0 radical (unpaired) electrons. The standard InChI is InChI=1S/C18H17F2N5O2/c19-13-2-1-3-14(20)17(13)15(10-26)24-18(27)23-9-12-4-5-16(22-8-12)25-7-6-21-11-25/h1-8,11,15,26H,9-10H2,(H2,23,24,27). The Labute approximate surface area is 153 Å². The van der Waals surface area contributed by atoms with Crippen molar-refractivity contribution in [3.63, 3.8) is 0 Å². The fourth-order valence-electron chi connectivity index (χ4n) is 2.51. The molecule has 0 saturated heterocycles. The number of hydrogen-bond donors (Lipinski definition) is 3. The van der Waals surface area contributed by atoms with Crippen molar-refractivity contribution in [2.45, 2.75) is 12.6 Å². The first-order chi connectivity index (χ1) is 13.1. The maximum atomic E-state index is 13.8. The summed E-state index contributed by atoms with van der Waals surface area (Å²) in [6.45, 7) is -0.493. The zero-order valence-electron chi connectivity index (χ0n) is 14.1. The topological polar surface area (TPSA) is 92.1 Å². The van der Waals surface area contributed by atoms with Crippen LogP contribution in [0.4, 0.5) is 13.6 Å². The predicted molar refractivity (Wildman–Crippen MR) is 92.9 cm³/mol. The van der Waals surface area contributed by atoms with Crippen LogP contribution < -0.4 is 10.6 Å². The predicted octanol–water partition coefficient (Wildman–Crippen LogP) is 2.08. The van der Waals surface area contributed by atoms with Gasteiger partial charge < -0.3 is 15.7 Å². The van der Waals surface area contributed by atoms with Gasteiger partial charge in [-0.1, -0.05) is 12.1 Å². The summed E-state index contributed by atoms with van der Waals surface area (Å²) >= 11 is 0. The lowest BCUT2D eigenvalue weighted by molar-refractivity contribution is 0.214. The highest BCUT2D eigenvalue weighted by Gasteiger charge is 2.21. The maximum absolute atomic E-state index is 13.8. The number of nitrogens with zero attached hydrogens (tertiary/aromatic N) is 3. The van der Waals surface area contributed by atoms with Crippen molar-refractivity contribution < 1.29 is 18.7 Å². The van der Waals surface area contributed by atoms with E-state index in [4.69, 9.17) is 0 Å². The van der Waals surface area contributed by atoms with Gasteiger partial charge in [-0.2, -0.15) is 0 Å². The van der Waals surface area contributed by atoms with Crippen LogP contribution in [0.25, 0.3) is 5.82 Å². The fraction of sp³-hybridized carbons (Fsp3) is 0.167. The van der Waals surface area contributed by atoms with Crippen molar-refractivity contribution in [3.05, 3.63) is 78.0 Å². The van der Waals surface area contributed by atoms with Gasteiger partial charge in [-0.25, -0.2) is 23.5 Å². The van der Waals surface area contributed by atoms with E-state index in [1.807, 2.05) is 0 Å². The first-order valence-electron chi connectivity index (χ1n) is 8.11. The van der Waals surface area contributed by atoms with Gasteiger partial charge in [0.1, 0.15) is 23.8 Å². The van der Waals surface area contributed by atoms with Crippen molar-refractivity contribution in [1.82, 2.24) is 25.2 Å². The highest BCUT2D eigenvalue weighted by molar-refractivity contribution is 5.74. The fourth-order valence-corrected chi connectivity index (χ4v) is 2.51. The Morgan fingerprint density at radius 1 is 1.22 bits per heavy atom. The first kappa shape index (κ1) is 18.5. The maximum Gasteiger partial charge on any atom is 0.315 e. The van der Waals surface area contributed by atoms with E-state index in [2.05, 4.69) is 20.6 Å². The summed E-state index contributed by atoms with van der Waals surface area (Å²) in [5, 5.41) is 14.3. The number of urea groups is 1. The molecule has 140 valence electrons. The van der Waals surface area contributed by atoms with Crippen LogP contribution in [0.1, 0.15) is 17.2 Å². The van der Waals surface area contributed by atoms with Gasteiger partial charge in [-0.05, 0) is 23.8 Å². The number of benzene rings is 1. The van der Waals surface area contributed by atoms with E-state index in [9.17, 15) is 18.7 Å². The number of aliphatic hydroxyl groups is 1. The molecule has 0 fully saturated rings. The molecule has 2 amide bonds. The summed E-state index contributed by atoms with van der Waals surface area (Å²) in [6, 6.07) is 5.01. The highest BCUT2D eigenvalue weighted by Crippen LogP contribution is 2.20. The lowest BCUT2D eigenvalue weighted by Crippen LogP contribution is -2.39. The van der Waals surface area contributed by atoms with E-state index in [0.29, 0.717) is 5.82 Å². The summed E-state index contributed by atoms with van der Waals surface area (Å²) < 4.78 is 29.3. The molecule has 0 aliphatic carbocycles. The Balaban J connectivity index is 1.59. The minimum Gasteiger partial charge on any atom is -0.394 e. The second-order valence-electron chi connectivity index (χ2n) is 5.69. The number of pyridine rings is 1. The molecule has 1 atom stereocenters. The number of rotatable bonds is 6. The molecule has 0 saturated carbocycles. The number of hydrogen-bond acceptors (Lipinski definition) is 4. The zero-order chi connectivity index (χ0) is 19.2. The third-order valence-electron chi connectivity index (χ3n) is 3.87. The van der Waals surface area contributed by atoms with Crippen molar-refractivity contribution in [3.8, 4) is 5.82 Å². The Morgan fingerprint density at radius 2 is 2.00 bits per heavy atom. The summed E-state index contributed by atoms with van der Waals surface area (Å²) in [7, 11) is 0. The van der Waals surface area contributed by atoms with Crippen LogP contribution in [0, 0.1) is 11.6 Å². The van der Waals surface area contributed by atoms with E-state index in [-0.39, 0.29) is 12.1 Å². The quantitative estimate of drug-likeness (QED) is 0.617. The van der Waals surface area contributed by atoms with Gasteiger partial charge in [0, 0.05) is 30.7 Å². The molecule has 27 heavy (non-hydrogen) atoms. The second kappa shape index (κ2) is 8.37. The largest absolute Gasteiger partial charge is 0.394 e. The number of imidazole rings is 1. The van der Waals surface area contributed by atoms with Crippen LogP contribution in [0.15, 0.2) is 55.2 Å². The number of aliphatic hydroxyl groups excluding tert-OH is 1. The van der Waals surface area contributed by atoms with Crippen molar-refractivity contribution in [2.75, 3.05) is 6.61 Å². The summed E-state index contributed by atoms with van der Waals surface area (Å²) in [5.74, 6) is -1.00. The molecule has 7 nitrogen and oxygen atoms in total. The first-order valence-corrected chi connectivity index (χ1v) is 8.11. The van der Waals surface area contributed by atoms with Crippen LogP contribution >= 0.6 is 0 Å². The number of carbonyl (C=O) groups excluding carboxylic acids is 1. The van der Waals surface area contributed by atoms with E-state index < -0.39 is 30.3 Å². The number of amides is 2. The number of halogens is 2. The minimum atomic E-state index is -1.20. The molecule has 0 aliphatic rings. The van der Waals surface area contributed by atoms with Crippen LogP contribution in [0.5, 0.6) is 0 Å². The molecule has 2 heterocycles. The van der Waals surface area contributed by atoms with E-state index >= 15 is 0 Å². The summed E-state index contributed by atoms with van der Waals surface area (Å²) in [6.07, 6.45) is 6.60. The molecular weight excluding hydrogens is 356 g/mol. The Morgan fingerprint density at radius 3 is 2.59 bits per heavy atom. The summed E-state index contributed by atoms with van der Waals surface area (Å²) in [5.41, 5.74) is 0.341. The molecule has 2 aromatic heterocycles. The van der Waals surface area contributed by atoms with Gasteiger partial charge in [-0.3, -0.25) is 4.57 Å². The van der Waals surface area contributed by atoms with Gasteiger partial charge in [0.15, 0.2) is 0 Å². The van der Waals surface area contributed by atoms with Crippen LogP contribution in [0.2, 0.25) is 0 Å². The van der Waals surface area contributed by atoms with E-state index in [0.717, 1.165) is 17.7 Å². The van der Waals surface area contributed by atoms with Gasteiger partial charge in [0.2, 0.25) is 0 Å². The lowest BCUT2D eigenvalue weighted by atomic mass is 10.1. The van der Waals surface area contributed by atoms with Gasteiger partial charge in [-0.15, -0.1) is 0 Å². The van der Waals surface area contributed by atoms with Crippen LogP contribution in [-0.4, -0.2) is 32.3 Å². The second-order valence-corrected chi connectivity index (χ2v) is 5.69. The Hall–Kier alpha value is -3.33. The number of aromatic nitrogens is 3. The average Bonchev–Trinajstić information content (AvgIpc) is 3.20. The molecule has 0 bridgehead atoms. The number of nitrogens with one attached hydrogen (secondary N) is 2. The SMILES string of the molecule is O=C(NCc1ccc(-n2ccnc2)nc1)NC(CO)c1c(F)cccc1F. The minimum absolute atomic E-state index is 0.154. The molecule has 3 aromatic rings. The van der Waals surface area contributed by atoms with E-state index in [1.54, 1.807) is 41.6 Å². The molecule has 0 spiro atoms. The van der Waals surface area contributed by atoms with Crippen molar-refractivity contribution >= 4 is 6.03 Å². The van der Waals surface area contributed by atoms with E-state index in [1.165, 1.54) is 6.07 Å². The monoisotopic (exact) mass is 373 g/mol. The summed E-state index contributed by atoms with van der Waals surface area (Å²) in [4.78, 5) is 20.2. The van der Waals surface area contributed by atoms with Gasteiger partial charge in [0.05, 0.1) is 12.6 Å². The third-order valence-corrected chi connectivity index (χ3v) is 3.87. The highest BCUT2D eigenvalue weighted by atomic mass is 19.1. The molecule has 1 aromatic carbocycles. The average molecular weight is 373 g/mol. The molecule has 3 N–H and O–H groups in total. The van der Waals surface area contributed by atoms with Crippen molar-refractivity contribution in [1.29, 1.82) is 0 Å². The number of carbonyl (C=O) groups is 1. The van der Waals surface area contributed by atoms with Crippen molar-refractivity contribution in [2.24, 2.45) is 0 Å². The molecule has 3 rings (SSSR count). The van der Waals surface area contributed by atoms with Crippen LogP contribution in [-0.2, 0) is 6.54 Å². The molecular formula is C18H17F2N5O2. The molecule has 1 unspecified atom stereocenters. The molecule has 0 aliphatic heterocycles. The molecule has 9 heteroatoms. The Bertz CT molecular complexity index is 880. The van der Waals surface area contributed by atoms with Gasteiger partial charge in [0.25, 0.3) is 0 Å². The van der Waals surface area contributed by atoms with Gasteiger partial charge >= 0.3 is 6.03 Å². The lowest BCUT2D eigenvalue weighted by Gasteiger charge is -2.18. The van der Waals surface area contributed by atoms with Crippen LogP contribution in [0.3, 0.4) is 0 Å². The Kier molecular flexibility index (Phi) is 5.72.